The quantitative estimate of drug-likeness (QED) is 0.696. The first-order valence-electron chi connectivity index (χ1n) is 11.9. The normalized spacial score (nSPS) is 25.0. The Balaban J connectivity index is 1.29. The number of aryl methyl sites for hydroxylation is 1. The van der Waals surface area contributed by atoms with Crippen molar-refractivity contribution in [3.8, 4) is 11.4 Å². The van der Waals surface area contributed by atoms with Gasteiger partial charge in [-0.25, -0.2) is 4.79 Å². The second-order valence-electron chi connectivity index (χ2n) is 9.47. The molecule has 9 nitrogen and oxygen atoms in total. The molecule has 3 aliphatic rings. The molecular formula is C24H30N6O3. The average molecular weight is 451 g/mol. The number of nitrogens with one attached hydrogen (secondary N) is 2. The second-order valence-corrected chi connectivity index (χ2v) is 9.47. The molecule has 2 aromatic rings. The summed E-state index contributed by atoms with van der Waals surface area (Å²) in [6, 6.07) is 6.97. The molecule has 0 unspecified atom stereocenters. The number of urea groups is 1. The molecule has 1 aromatic carbocycles. The summed E-state index contributed by atoms with van der Waals surface area (Å²) in [5.74, 6) is 1.17. The van der Waals surface area contributed by atoms with Crippen molar-refractivity contribution in [1.82, 2.24) is 25.0 Å². The molecule has 174 valence electrons. The third kappa shape index (κ3) is 3.89. The zero-order valence-corrected chi connectivity index (χ0v) is 19.0. The van der Waals surface area contributed by atoms with E-state index in [2.05, 4.69) is 25.4 Å². The van der Waals surface area contributed by atoms with Crippen LogP contribution >= 0.6 is 0 Å². The van der Waals surface area contributed by atoms with E-state index < -0.39 is 17.5 Å². The Morgan fingerprint density at radius 1 is 1.18 bits per heavy atom. The lowest BCUT2D eigenvalue weighted by molar-refractivity contribution is -0.136. The van der Waals surface area contributed by atoms with Crippen LogP contribution in [0.25, 0.3) is 11.4 Å². The Bertz CT molecular complexity index is 1100. The van der Waals surface area contributed by atoms with Gasteiger partial charge in [0.05, 0.1) is 0 Å². The molecular weight excluding hydrogens is 420 g/mol. The molecule has 3 heterocycles. The van der Waals surface area contributed by atoms with E-state index in [1.165, 1.54) is 6.42 Å². The van der Waals surface area contributed by atoms with Gasteiger partial charge >= 0.3 is 6.03 Å². The van der Waals surface area contributed by atoms with Crippen molar-refractivity contribution in [2.45, 2.75) is 70.4 Å². The van der Waals surface area contributed by atoms with Crippen LogP contribution in [-0.4, -0.2) is 49.6 Å². The van der Waals surface area contributed by atoms with Gasteiger partial charge in [-0.2, -0.15) is 0 Å². The number of benzene rings is 1. The molecule has 2 atom stereocenters. The van der Waals surface area contributed by atoms with Crippen molar-refractivity contribution >= 4 is 23.5 Å². The Kier molecular flexibility index (Phi) is 5.64. The lowest BCUT2D eigenvalue weighted by atomic mass is 9.73. The zero-order valence-electron chi connectivity index (χ0n) is 19.0. The smallest absolute Gasteiger partial charge is 0.325 e. The minimum absolute atomic E-state index is 0.0609. The summed E-state index contributed by atoms with van der Waals surface area (Å²) in [4.78, 5) is 39.5. The number of hydrogen-bond acceptors (Lipinski definition) is 5. The van der Waals surface area contributed by atoms with Gasteiger partial charge < -0.3 is 15.2 Å². The lowest BCUT2D eigenvalue weighted by Crippen LogP contribution is -2.54. The maximum atomic E-state index is 13.1. The summed E-state index contributed by atoms with van der Waals surface area (Å²) < 4.78 is 2.16. The molecule has 1 spiro atoms. The Morgan fingerprint density at radius 2 is 2.06 bits per heavy atom. The summed E-state index contributed by atoms with van der Waals surface area (Å²) in [7, 11) is 0. The van der Waals surface area contributed by atoms with Crippen LogP contribution in [0, 0.1) is 5.92 Å². The average Bonchev–Trinajstić information content (AvgIpc) is 3.19. The Hall–Kier alpha value is -3.23. The number of amides is 4. The van der Waals surface area contributed by atoms with Crippen LogP contribution in [0.1, 0.15) is 57.7 Å². The Morgan fingerprint density at radius 3 is 2.91 bits per heavy atom. The number of anilines is 1. The van der Waals surface area contributed by atoms with E-state index in [4.69, 9.17) is 0 Å². The SMILES string of the molecule is C[C@H]1CCCC[C@@]12NC(=O)N(CC(=O)Nc1cccc(-c3nnc4n3CCCCC4)c1)C2=O. The molecule has 1 aromatic heterocycles. The fourth-order valence-electron chi connectivity index (χ4n) is 5.42. The van der Waals surface area contributed by atoms with Crippen LogP contribution in [0.5, 0.6) is 0 Å². The first-order valence-corrected chi connectivity index (χ1v) is 11.9. The molecule has 9 heteroatoms. The highest BCUT2D eigenvalue weighted by molar-refractivity contribution is 6.10. The van der Waals surface area contributed by atoms with Gasteiger partial charge in [0.1, 0.15) is 17.9 Å². The van der Waals surface area contributed by atoms with E-state index >= 15 is 0 Å². The van der Waals surface area contributed by atoms with Crippen LogP contribution in [-0.2, 0) is 22.6 Å². The predicted octanol–water partition coefficient (Wildman–Crippen LogP) is 3.11. The van der Waals surface area contributed by atoms with Gasteiger partial charge in [-0.3, -0.25) is 14.5 Å². The number of hydrogen-bond donors (Lipinski definition) is 2. The minimum Gasteiger partial charge on any atom is -0.325 e. The van der Waals surface area contributed by atoms with E-state index in [-0.39, 0.29) is 18.4 Å². The summed E-state index contributed by atoms with van der Waals surface area (Å²) in [6.45, 7) is 2.59. The molecule has 2 N–H and O–H groups in total. The van der Waals surface area contributed by atoms with E-state index in [0.717, 1.165) is 67.2 Å². The number of aromatic nitrogens is 3. The highest BCUT2D eigenvalue weighted by Crippen LogP contribution is 2.38. The van der Waals surface area contributed by atoms with Crippen LogP contribution in [0.2, 0.25) is 0 Å². The standard InChI is InChI=1S/C24H30N6O3/c1-16-8-4-5-12-24(16)22(32)30(23(33)26-24)15-20(31)25-18-10-7-9-17(14-18)21-28-27-19-11-3-2-6-13-29(19)21/h7,9-10,14,16H,2-6,8,11-13,15H2,1H3,(H,25,31)(H,26,33)/t16-,24+/m0/s1. The molecule has 5 rings (SSSR count). The first-order chi connectivity index (χ1) is 16.0. The van der Waals surface area contributed by atoms with Crippen LogP contribution in [0.4, 0.5) is 10.5 Å². The van der Waals surface area contributed by atoms with Gasteiger partial charge in [-0.05, 0) is 43.7 Å². The molecule has 33 heavy (non-hydrogen) atoms. The van der Waals surface area contributed by atoms with Crippen molar-refractivity contribution in [3.63, 3.8) is 0 Å². The van der Waals surface area contributed by atoms with Crippen molar-refractivity contribution in [2.24, 2.45) is 5.92 Å². The number of fused-ring (bicyclic) bond motifs is 1. The first kappa shape index (κ1) is 21.6. The van der Waals surface area contributed by atoms with E-state index in [9.17, 15) is 14.4 Å². The minimum atomic E-state index is -0.860. The van der Waals surface area contributed by atoms with Crippen molar-refractivity contribution < 1.29 is 14.4 Å². The second kappa shape index (κ2) is 8.61. The fraction of sp³-hybridized carbons (Fsp3) is 0.542. The number of nitrogens with zero attached hydrogens (tertiary/aromatic N) is 4. The van der Waals surface area contributed by atoms with E-state index in [0.29, 0.717) is 12.1 Å². The number of rotatable bonds is 4. The predicted molar refractivity (Wildman–Crippen MR) is 122 cm³/mol. The summed E-state index contributed by atoms with van der Waals surface area (Å²) >= 11 is 0. The van der Waals surface area contributed by atoms with Gasteiger partial charge in [0, 0.05) is 24.2 Å². The molecule has 1 saturated heterocycles. The van der Waals surface area contributed by atoms with Gasteiger partial charge in [-0.15, -0.1) is 10.2 Å². The molecule has 4 amide bonds. The summed E-state index contributed by atoms with van der Waals surface area (Å²) in [6.07, 6.45) is 7.80. The largest absolute Gasteiger partial charge is 0.325 e. The topological polar surface area (TPSA) is 109 Å². The number of carbonyl (C=O) groups excluding carboxylic acids is 3. The van der Waals surface area contributed by atoms with Gasteiger partial charge in [0.25, 0.3) is 5.91 Å². The zero-order chi connectivity index (χ0) is 23.0. The van der Waals surface area contributed by atoms with Gasteiger partial charge in [0.15, 0.2) is 5.82 Å². The molecule has 1 aliphatic carbocycles. The van der Waals surface area contributed by atoms with Crippen LogP contribution in [0.3, 0.4) is 0 Å². The highest BCUT2D eigenvalue weighted by atomic mass is 16.2. The van der Waals surface area contributed by atoms with Crippen molar-refractivity contribution in [2.75, 3.05) is 11.9 Å². The fourth-order valence-corrected chi connectivity index (χ4v) is 5.42. The molecule has 2 fully saturated rings. The Labute approximate surface area is 192 Å². The van der Waals surface area contributed by atoms with Crippen LogP contribution < -0.4 is 10.6 Å². The highest BCUT2D eigenvalue weighted by Gasteiger charge is 2.55. The number of imide groups is 1. The molecule has 2 aliphatic heterocycles. The van der Waals surface area contributed by atoms with Gasteiger partial charge in [0.2, 0.25) is 5.91 Å². The van der Waals surface area contributed by atoms with E-state index in [1.807, 2.05) is 25.1 Å². The third-order valence-electron chi connectivity index (χ3n) is 7.32. The summed E-state index contributed by atoms with van der Waals surface area (Å²) in [5.41, 5.74) is 0.607. The lowest BCUT2D eigenvalue weighted by Gasteiger charge is -2.36. The molecule has 0 radical (unpaired) electrons. The number of carbonyl (C=O) groups is 3. The molecule has 0 bridgehead atoms. The van der Waals surface area contributed by atoms with E-state index in [1.54, 1.807) is 6.07 Å². The maximum absolute atomic E-state index is 13.1. The van der Waals surface area contributed by atoms with Crippen LogP contribution in [0.15, 0.2) is 24.3 Å². The third-order valence-corrected chi connectivity index (χ3v) is 7.32. The van der Waals surface area contributed by atoms with Crippen molar-refractivity contribution in [3.05, 3.63) is 30.1 Å². The summed E-state index contributed by atoms with van der Waals surface area (Å²) in [5, 5.41) is 14.5. The van der Waals surface area contributed by atoms with Crippen molar-refractivity contribution in [1.29, 1.82) is 0 Å². The monoisotopic (exact) mass is 450 g/mol. The molecule has 1 saturated carbocycles. The maximum Gasteiger partial charge on any atom is 0.325 e. The van der Waals surface area contributed by atoms with Gasteiger partial charge in [-0.1, -0.05) is 38.3 Å².